The molecule has 4 heteroatoms. The van der Waals surface area contributed by atoms with Gasteiger partial charge in [0.05, 0.1) is 13.5 Å². The first-order valence-corrected chi connectivity index (χ1v) is 7.17. The predicted octanol–water partition coefficient (Wildman–Crippen LogP) is 3.67. The van der Waals surface area contributed by atoms with Crippen molar-refractivity contribution in [1.82, 2.24) is 4.98 Å². The number of aromatic amines is 1. The number of para-hydroxylation sites is 1. The van der Waals surface area contributed by atoms with Gasteiger partial charge in [0.25, 0.3) is 0 Å². The van der Waals surface area contributed by atoms with Crippen molar-refractivity contribution in [1.29, 1.82) is 0 Å². The summed E-state index contributed by atoms with van der Waals surface area (Å²) in [5.74, 6) is 0.739. The molecule has 0 aliphatic heterocycles. The lowest BCUT2D eigenvalue weighted by molar-refractivity contribution is -0.115. The van der Waals surface area contributed by atoms with Crippen LogP contribution in [0.4, 0.5) is 5.69 Å². The van der Waals surface area contributed by atoms with Crippen LogP contribution in [-0.4, -0.2) is 18.0 Å². The van der Waals surface area contributed by atoms with Gasteiger partial charge in [-0.3, -0.25) is 4.79 Å². The summed E-state index contributed by atoms with van der Waals surface area (Å²) in [5.41, 5.74) is 3.91. The summed E-state index contributed by atoms with van der Waals surface area (Å²) in [6.45, 7) is 2.00. The number of fused-ring (bicyclic) bond motifs is 1. The number of carbonyl (C=O) groups excluding carboxylic acids is 1. The van der Waals surface area contributed by atoms with Crippen LogP contribution in [0.25, 0.3) is 10.9 Å². The predicted molar refractivity (Wildman–Crippen MR) is 88.4 cm³/mol. The summed E-state index contributed by atoms with van der Waals surface area (Å²) < 4.78 is 5.11. The maximum Gasteiger partial charge on any atom is 0.228 e. The fraction of sp³-hybridized carbons (Fsp3) is 0.167. The van der Waals surface area contributed by atoms with Crippen molar-refractivity contribution in [3.8, 4) is 5.75 Å². The highest BCUT2D eigenvalue weighted by Gasteiger charge is 2.12. The zero-order chi connectivity index (χ0) is 15.5. The molecule has 0 spiro atoms. The van der Waals surface area contributed by atoms with Gasteiger partial charge in [-0.05, 0) is 42.8 Å². The van der Waals surface area contributed by atoms with E-state index in [9.17, 15) is 4.79 Å². The number of nitrogens with one attached hydrogen (secondary N) is 2. The average Bonchev–Trinajstić information content (AvgIpc) is 2.84. The van der Waals surface area contributed by atoms with Gasteiger partial charge in [0.15, 0.2) is 0 Å². The van der Waals surface area contributed by atoms with E-state index in [1.54, 1.807) is 7.11 Å². The zero-order valence-electron chi connectivity index (χ0n) is 12.6. The summed E-state index contributed by atoms with van der Waals surface area (Å²) in [6, 6.07) is 15.3. The summed E-state index contributed by atoms with van der Waals surface area (Å²) in [4.78, 5) is 15.6. The van der Waals surface area contributed by atoms with E-state index in [1.165, 1.54) is 0 Å². The Hall–Kier alpha value is -2.75. The number of hydrogen-bond donors (Lipinski definition) is 2. The van der Waals surface area contributed by atoms with E-state index < -0.39 is 0 Å². The van der Waals surface area contributed by atoms with Gasteiger partial charge in [0, 0.05) is 22.3 Å². The third kappa shape index (κ3) is 2.81. The van der Waals surface area contributed by atoms with Gasteiger partial charge in [-0.15, -0.1) is 0 Å². The molecule has 22 heavy (non-hydrogen) atoms. The number of carbonyl (C=O) groups is 1. The number of rotatable bonds is 4. The van der Waals surface area contributed by atoms with Crippen LogP contribution in [0.15, 0.2) is 48.5 Å². The Morgan fingerprint density at radius 3 is 2.59 bits per heavy atom. The number of aromatic nitrogens is 1. The third-order valence-electron chi connectivity index (χ3n) is 3.74. The van der Waals surface area contributed by atoms with Crippen LogP contribution in [0, 0.1) is 6.92 Å². The molecule has 0 fully saturated rings. The van der Waals surface area contributed by atoms with Crippen molar-refractivity contribution in [3.05, 3.63) is 59.8 Å². The average molecular weight is 294 g/mol. The van der Waals surface area contributed by atoms with E-state index in [0.717, 1.165) is 33.6 Å². The maximum atomic E-state index is 12.3. The number of anilines is 1. The minimum Gasteiger partial charge on any atom is -0.497 e. The van der Waals surface area contributed by atoms with E-state index in [0.29, 0.717) is 6.42 Å². The van der Waals surface area contributed by atoms with Crippen LogP contribution in [0.1, 0.15) is 11.3 Å². The van der Waals surface area contributed by atoms with Gasteiger partial charge in [0.1, 0.15) is 5.75 Å². The van der Waals surface area contributed by atoms with Gasteiger partial charge in [-0.2, -0.15) is 0 Å². The minimum atomic E-state index is -0.0296. The minimum absolute atomic E-state index is 0.0296. The Morgan fingerprint density at radius 1 is 1.14 bits per heavy atom. The van der Waals surface area contributed by atoms with Crippen molar-refractivity contribution < 1.29 is 9.53 Å². The molecule has 0 aliphatic carbocycles. The van der Waals surface area contributed by atoms with Crippen molar-refractivity contribution in [3.63, 3.8) is 0 Å². The number of H-pyrrole nitrogens is 1. The lowest BCUT2D eigenvalue weighted by Crippen LogP contribution is -2.14. The highest BCUT2D eigenvalue weighted by molar-refractivity contribution is 5.96. The molecule has 2 N–H and O–H groups in total. The maximum absolute atomic E-state index is 12.3. The highest BCUT2D eigenvalue weighted by atomic mass is 16.5. The summed E-state index contributed by atoms with van der Waals surface area (Å²) >= 11 is 0. The van der Waals surface area contributed by atoms with Crippen LogP contribution in [-0.2, 0) is 11.2 Å². The number of benzene rings is 2. The number of amides is 1. The molecule has 0 unspecified atom stereocenters. The molecule has 0 bridgehead atoms. The lowest BCUT2D eigenvalue weighted by Gasteiger charge is -2.06. The van der Waals surface area contributed by atoms with Crippen molar-refractivity contribution in [2.75, 3.05) is 12.4 Å². The normalized spacial score (nSPS) is 10.6. The molecule has 4 nitrogen and oxygen atoms in total. The molecule has 1 heterocycles. The van der Waals surface area contributed by atoms with Crippen LogP contribution in [0.3, 0.4) is 0 Å². The molecule has 0 radical (unpaired) electrons. The molecule has 3 aromatic rings. The molecule has 1 amide bonds. The first kappa shape index (κ1) is 14.2. The fourth-order valence-corrected chi connectivity index (χ4v) is 2.60. The van der Waals surface area contributed by atoms with E-state index in [4.69, 9.17) is 4.74 Å². The second kappa shape index (κ2) is 5.93. The standard InChI is InChI=1S/C18H18N2O2/c1-12-16(15-5-3-4-6-17(15)19-12)11-18(21)20-13-7-9-14(22-2)10-8-13/h3-10,19H,11H2,1-2H3,(H,20,21). The smallest absolute Gasteiger partial charge is 0.228 e. The van der Waals surface area contributed by atoms with Crippen molar-refractivity contribution in [2.45, 2.75) is 13.3 Å². The quantitative estimate of drug-likeness (QED) is 0.771. The molecule has 2 aromatic carbocycles. The van der Waals surface area contributed by atoms with E-state index in [2.05, 4.69) is 10.3 Å². The summed E-state index contributed by atoms with van der Waals surface area (Å²) in [5, 5.41) is 4.02. The fourth-order valence-electron chi connectivity index (χ4n) is 2.60. The largest absolute Gasteiger partial charge is 0.497 e. The molecular weight excluding hydrogens is 276 g/mol. The highest BCUT2D eigenvalue weighted by Crippen LogP contribution is 2.23. The number of methoxy groups -OCH3 is 1. The van der Waals surface area contributed by atoms with Crippen LogP contribution >= 0.6 is 0 Å². The Bertz CT molecular complexity index is 804. The first-order chi connectivity index (χ1) is 10.7. The number of hydrogen-bond acceptors (Lipinski definition) is 2. The first-order valence-electron chi connectivity index (χ1n) is 7.17. The Labute approximate surface area is 129 Å². The molecular formula is C18H18N2O2. The topological polar surface area (TPSA) is 54.1 Å². The summed E-state index contributed by atoms with van der Waals surface area (Å²) in [6.07, 6.45) is 0.349. The van der Waals surface area contributed by atoms with Gasteiger partial charge >= 0.3 is 0 Å². The lowest BCUT2D eigenvalue weighted by atomic mass is 10.1. The molecule has 1 aromatic heterocycles. The molecule has 0 saturated heterocycles. The Balaban J connectivity index is 1.76. The SMILES string of the molecule is COc1ccc(NC(=O)Cc2c(C)[nH]c3ccccc23)cc1. The van der Waals surface area contributed by atoms with E-state index in [-0.39, 0.29) is 5.91 Å². The molecule has 0 atom stereocenters. The van der Waals surface area contributed by atoms with Crippen LogP contribution in [0.2, 0.25) is 0 Å². The Morgan fingerprint density at radius 2 is 1.86 bits per heavy atom. The second-order valence-corrected chi connectivity index (χ2v) is 5.23. The van der Waals surface area contributed by atoms with Crippen molar-refractivity contribution >= 4 is 22.5 Å². The van der Waals surface area contributed by atoms with Crippen LogP contribution < -0.4 is 10.1 Å². The number of ether oxygens (including phenoxy) is 1. The molecule has 3 rings (SSSR count). The van der Waals surface area contributed by atoms with Gasteiger partial charge in [-0.1, -0.05) is 18.2 Å². The third-order valence-corrected chi connectivity index (χ3v) is 3.74. The molecule has 0 aliphatic rings. The molecule has 0 saturated carbocycles. The molecule has 112 valence electrons. The van der Waals surface area contributed by atoms with E-state index >= 15 is 0 Å². The van der Waals surface area contributed by atoms with Gasteiger partial charge in [0.2, 0.25) is 5.91 Å². The van der Waals surface area contributed by atoms with Crippen LogP contribution in [0.5, 0.6) is 5.75 Å². The van der Waals surface area contributed by atoms with Crippen molar-refractivity contribution in [2.24, 2.45) is 0 Å². The summed E-state index contributed by atoms with van der Waals surface area (Å²) in [7, 11) is 1.62. The van der Waals surface area contributed by atoms with Gasteiger partial charge < -0.3 is 15.0 Å². The monoisotopic (exact) mass is 294 g/mol. The Kier molecular flexibility index (Phi) is 3.83. The van der Waals surface area contributed by atoms with E-state index in [1.807, 2.05) is 55.5 Å². The van der Waals surface area contributed by atoms with Gasteiger partial charge in [-0.25, -0.2) is 0 Å². The second-order valence-electron chi connectivity index (χ2n) is 5.23. The zero-order valence-corrected chi connectivity index (χ0v) is 12.6. The number of aryl methyl sites for hydroxylation is 1.